The quantitative estimate of drug-likeness (QED) is 0.706. The molecule has 0 radical (unpaired) electrons. The number of fused-ring (bicyclic) bond motifs is 1. The summed E-state index contributed by atoms with van der Waals surface area (Å²) >= 11 is 0. The molecule has 4 heteroatoms. The number of rotatable bonds is 6. The Morgan fingerprint density at radius 1 is 1.10 bits per heavy atom. The Labute approximate surface area is 124 Å². The molecule has 0 bridgehead atoms. The zero-order chi connectivity index (χ0) is 14.7. The highest BCUT2D eigenvalue weighted by Crippen LogP contribution is 2.24. The second kappa shape index (κ2) is 6.14. The van der Waals surface area contributed by atoms with Crippen LogP contribution in [-0.2, 0) is 13.6 Å². The highest BCUT2D eigenvalue weighted by Gasteiger charge is 2.07. The molecule has 0 amide bonds. The number of nitrogens with zero attached hydrogens (tertiary/aromatic N) is 3. The Morgan fingerprint density at radius 2 is 2.00 bits per heavy atom. The van der Waals surface area contributed by atoms with Crippen LogP contribution in [0.4, 0.5) is 0 Å². The molecule has 4 nitrogen and oxygen atoms in total. The highest BCUT2D eigenvalue weighted by atomic mass is 16.2. The molecule has 2 aromatic heterocycles. The van der Waals surface area contributed by atoms with E-state index in [0.29, 0.717) is 0 Å². The molecule has 2 heterocycles. The maximum absolute atomic E-state index is 8.84. The largest absolute Gasteiger partial charge is 0.396 e. The van der Waals surface area contributed by atoms with E-state index in [-0.39, 0.29) is 6.61 Å². The molecule has 0 aliphatic heterocycles. The van der Waals surface area contributed by atoms with E-state index in [0.717, 1.165) is 37.2 Å². The smallest absolute Gasteiger partial charge is 0.139 e. The van der Waals surface area contributed by atoms with E-state index in [9.17, 15) is 0 Å². The van der Waals surface area contributed by atoms with Gasteiger partial charge < -0.3 is 14.2 Å². The van der Waals surface area contributed by atoms with Gasteiger partial charge in [0.25, 0.3) is 0 Å². The molecule has 0 saturated carbocycles. The predicted molar refractivity (Wildman–Crippen MR) is 85.1 cm³/mol. The lowest BCUT2D eigenvalue weighted by atomic mass is 10.1. The fraction of sp³-hybridized carbons (Fsp3) is 0.353. The van der Waals surface area contributed by atoms with Crippen LogP contribution in [0.15, 0.2) is 42.9 Å². The maximum atomic E-state index is 8.84. The normalized spacial score (nSPS) is 11.3. The second-order valence-electron chi connectivity index (χ2n) is 5.43. The standard InChI is InChI=1S/C17H21N3O/c1-19-10-7-14-13-15(5-6-16(14)19)17-18-8-11-20(17)9-3-2-4-12-21/h5-8,10-11,13,21H,2-4,9,12H2,1H3. The number of hydrogen-bond acceptors (Lipinski definition) is 2. The summed E-state index contributed by atoms with van der Waals surface area (Å²) in [6.07, 6.45) is 8.96. The average Bonchev–Trinajstić information content (AvgIpc) is 3.10. The summed E-state index contributed by atoms with van der Waals surface area (Å²) in [5, 5.41) is 10.1. The first-order valence-electron chi connectivity index (χ1n) is 7.47. The molecule has 0 aliphatic rings. The van der Waals surface area contributed by atoms with Gasteiger partial charge in [-0.15, -0.1) is 0 Å². The number of unbranched alkanes of at least 4 members (excludes halogenated alkanes) is 2. The van der Waals surface area contributed by atoms with Crippen molar-refractivity contribution in [1.29, 1.82) is 0 Å². The Kier molecular flexibility index (Phi) is 4.06. The Balaban J connectivity index is 1.83. The zero-order valence-corrected chi connectivity index (χ0v) is 12.4. The van der Waals surface area contributed by atoms with Gasteiger partial charge >= 0.3 is 0 Å². The summed E-state index contributed by atoms with van der Waals surface area (Å²) in [6, 6.07) is 8.61. The van der Waals surface area contributed by atoms with Crippen LogP contribution in [0.3, 0.4) is 0 Å². The van der Waals surface area contributed by atoms with Gasteiger partial charge in [0, 0.05) is 55.3 Å². The van der Waals surface area contributed by atoms with E-state index in [2.05, 4.69) is 51.6 Å². The summed E-state index contributed by atoms with van der Waals surface area (Å²) in [5.41, 5.74) is 2.39. The van der Waals surface area contributed by atoms with Crippen LogP contribution in [0.1, 0.15) is 19.3 Å². The van der Waals surface area contributed by atoms with Gasteiger partial charge in [0.05, 0.1) is 0 Å². The number of aromatic nitrogens is 3. The molecule has 0 atom stereocenters. The van der Waals surface area contributed by atoms with Gasteiger partial charge in [0.1, 0.15) is 5.82 Å². The van der Waals surface area contributed by atoms with Crippen LogP contribution in [0.5, 0.6) is 0 Å². The molecule has 3 aromatic rings. The SMILES string of the molecule is Cn1ccc2cc(-c3nccn3CCCCCO)ccc21. The van der Waals surface area contributed by atoms with E-state index < -0.39 is 0 Å². The summed E-state index contributed by atoms with van der Waals surface area (Å²) < 4.78 is 4.32. The monoisotopic (exact) mass is 283 g/mol. The van der Waals surface area contributed by atoms with Crippen LogP contribution in [0.25, 0.3) is 22.3 Å². The number of imidazole rings is 1. The summed E-state index contributed by atoms with van der Waals surface area (Å²) in [4.78, 5) is 4.51. The third-order valence-corrected chi connectivity index (χ3v) is 3.92. The summed E-state index contributed by atoms with van der Waals surface area (Å²) in [7, 11) is 2.06. The molecular weight excluding hydrogens is 262 g/mol. The lowest BCUT2D eigenvalue weighted by molar-refractivity contribution is 0.282. The minimum Gasteiger partial charge on any atom is -0.396 e. The molecule has 0 aliphatic carbocycles. The van der Waals surface area contributed by atoms with Gasteiger partial charge in [-0.3, -0.25) is 0 Å². The maximum Gasteiger partial charge on any atom is 0.139 e. The average molecular weight is 283 g/mol. The number of aryl methyl sites for hydroxylation is 2. The summed E-state index contributed by atoms with van der Waals surface area (Å²) in [5.74, 6) is 1.02. The van der Waals surface area contributed by atoms with E-state index in [1.165, 1.54) is 10.9 Å². The van der Waals surface area contributed by atoms with Crippen LogP contribution < -0.4 is 0 Å². The molecule has 0 unspecified atom stereocenters. The van der Waals surface area contributed by atoms with Crippen molar-refractivity contribution >= 4 is 10.9 Å². The predicted octanol–water partition coefficient (Wildman–Crippen LogP) is 3.20. The third-order valence-electron chi connectivity index (χ3n) is 3.92. The highest BCUT2D eigenvalue weighted by molar-refractivity contribution is 5.84. The van der Waals surface area contributed by atoms with Crippen LogP contribution in [0, 0.1) is 0 Å². The summed E-state index contributed by atoms with van der Waals surface area (Å²) in [6.45, 7) is 1.23. The molecule has 21 heavy (non-hydrogen) atoms. The molecule has 0 spiro atoms. The van der Waals surface area contributed by atoms with Crippen molar-refractivity contribution in [2.75, 3.05) is 6.61 Å². The number of hydrogen-bond donors (Lipinski definition) is 1. The van der Waals surface area contributed by atoms with E-state index in [1.54, 1.807) is 0 Å². The van der Waals surface area contributed by atoms with Crippen molar-refractivity contribution in [2.45, 2.75) is 25.8 Å². The number of aliphatic hydroxyl groups excluding tert-OH is 1. The van der Waals surface area contributed by atoms with Crippen molar-refractivity contribution in [3.05, 3.63) is 42.9 Å². The van der Waals surface area contributed by atoms with Crippen LogP contribution in [0.2, 0.25) is 0 Å². The van der Waals surface area contributed by atoms with Crippen molar-refractivity contribution in [2.24, 2.45) is 7.05 Å². The molecule has 3 rings (SSSR count). The Hall–Kier alpha value is -2.07. The van der Waals surface area contributed by atoms with Crippen molar-refractivity contribution in [3.8, 4) is 11.4 Å². The van der Waals surface area contributed by atoms with Crippen LogP contribution in [-0.4, -0.2) is 25.8 Å². The molecular formula is C17H21N3O. The fourth-order valence-corrected chi connectivity index (χ4v) is 2.74. The molecule has 0 saturated heterocycles. The fourth-order valence-electron chi connectivity index (χ4n) is 2.74. The molecule has 1 aromatic carbocycles. The van der Waals surface area contributed by atoms with E-state index in [4.69, 9.17) is 5.11 Å². The van der Waals surface area contributed by atoms with Gasteiger partial charge in [0.15, 0.2) is 0 Å². The van der Waals surface area contributed by atoms with Gasteiger partial charge in [-0.05, 0) is 43.5 Å². The van der Waals surface area contributed by atoms with Crippen molar-refractivity contribution < 1.29 is 5.11 Å². The number of benzene rings is 1. The topological polar surface area (TPSA) is 43.0 Å². The van der Waals surface area contributed by atoms with Gasteiger partial charge in [0.2, 0.25) is 0 Å². The first kappa shape index (κ1) is 13.9. The minimum atomic E-state index is 0.279. The molecule has 1 N–H and O–H groups in total. The van der Waals surface area contributed by atoms with Gasteiger partial charge in [-0.1, -0.05) is 0 Å². The van der Waals surface area contributed by atoms with Gasteiger partial charge in [-0.2, -0.15) is 0 Å². The van der Waals surface area contributed by atoms with Crippen LogP contribution >= 0.6 is 0 Å². The first-order chi connectivity index (χ1) is 10.3. The Morgan fingerprint density at radius 3 is 2.86 bits per heavy atom. The van der Waals surface area contributed by atoms with E-state index >= 15 is 0 Å². The third kappa shape index (κ3) is 2.85. The second-order valence-corrected chi connectivity index (χ2v) is 5.43. The van der Waals surface area contributed by atoms with Gasteiger partial charge in [-0.25, -0.2) is 4.98 Å². The Bertz CT molecular complexity index is 727. The minimum absolute atomic E-state index is 0.279. The zero-order valence-electron chi connectivity index (χ0n) is 12.4. The van der Waals surface area contributed by atoms with Crippen molar-refractivity contribution in [1.82, 2.24) is 14.1 Å². The lowest BCUT2D eigenvalue weighted by Gasteiger charge is -2.08. The van der Waals surface area contributed by atoms with Crippen molar-refractivity contribution in [3.63, 3.8) is 0 Å². The number of aliphatic hydroxyl groups is 1. The lowest BCUT2D eigenvalue weighted by Crippen LogP contribution is -2.00. The molecule has 0 fully saturated rings. The first-order valence-corrected chi connectivity index (χ1v) is 7.47. The van der Waals surface area contributed by atoms with E-state index in [1.807, 2.05) is 12.4 Å². The molecule has 110 valence electrons.